The van der Waals surface area contributed by atoms with E-state index < -0.39 is 0 Å². The van der Waals surface area contributed by atoms with Crippen LogP contribution in [-0.4, -0.2) is 15.9 Å². The Morgan fingerprint density at radius 3 is 2.64 bits per heavy atom. The van der Waals surface area contributed by atoms with E-state index in [9.17, 15) is 5.21 Å². The van der Waals surface area contributed by atoms with Crippen LogP contribution in [0, 0.1) is 0 Å². The van der Waals surface area contributed by atoms with Gasteiger partial charge in [-0.05, 0) is 67.7 Å². The van der Waals surface area contributed by atoms with E-state index in [1.165, 1.54) is 60.6 Å². The van der Waals surface area contributed by atoms with Gasteiger partial charge in [0.1, 0.15) is 5.71 Å². The van der Waals surface area contributed by atoms with Gasteiger partial charge in [0, 0.05) is 10.9 Å². The summed E-state index contributed by atoms with van der Waals surface area (Å²) in [5.74, 6) is 0.737. The van der Waals surface area contributed by atoms with Crippen molar-refractivity contribution in [2.75, 3.05) is 0 Å². The minimum absolute atomic E-state index is 0.737. The Hall–Kier alpha value is -1.77. The van der Waals surface area contributed by atoms with Crippen LogP contribution in [0.1, 0.15) is 74.1 Å². The number of fused-ring (bicyclic) bond motifs is 3. The van der Waals surface area contributed by atoms with Gasteiger partial charge in [-0.3, -0.25) is 0 Å². The van der Waals surface area contributed by atoms with Crippen LogP contribution in [0.5, 0.6) is 0 Å². The molecular formula is C19H24N2O. The Bertz CT molecular complexity index is 708. The van der Waals surface area contributed by atoms with E-state index in [1.807, 2.05) is 0 Å². The number of aromatic amines is 1. The maximum Gasteiger partial charge on any atom is 0.103 e. The first-order chi connectivity index (χ1) is 10.9. The molecule has 0 unspecified atom stereocenters. The van der Waals surface area contributed by atoms with Crippen LogP contribution < -0.4 is 0 Å². The maximum atomic E-state index is 9.31. The number of aryl methyl sites for hydroxylation is 1. The molecule has 0 saturated heterocycles. The zero-order valence-corrected chi connectivity index (χ0v) is 13.1. The third kappa shape index (κ3) is 2.33. The van der Waals surface area contributed by atoms with Crippen molar-refractivity contribution in [3.63, 3.8) is 0 Å². The zero-order valence-electron chi connectivity index (χ0n) is 13.1. The quantitative estimate of drug-likeness (QED) is 0.428. The van der Waals surface area contributed by atoms with Crippen LogP contribution in [0.3, 0.4) is 0 Å². The number of aromatic nitrogens is 1. The van der Waals surface area contributed by atoms with Gasteiger partial charge in [0.25, 0.3) is 0 Å². The highest BCUT2D eigenvalue weighted by Gasteiger charge is 2.21. The minimum Gasteiger partial charge on any atom is -0.411 e. The van der Waals surface area contributed by atoms with Crippen LogP contribution in [0.25, 0.3) is 10.9 Å². The van der Waals surface area contributed by atoms with E-state index in [0.29, 0.717) is 0 Å². The van der Waals surface area contributed by atoms with Crippen molar-refractivity contribution < 1.29 is 5.21 Å². The molecule has 3 heteroatoms. The Kier molecular flexibility index (Phi) is 3.65. The van der Waals surface area contributed by atoms with Gasteiger partial charge in [0.2, 0.25) is 0 Å². The van der Waals surface area contributed by atoms with Gasteiger partial charge in [0.05, 0.1) is 5.69 Å². The summed E-state index contributed by atoms with van der Waals surface area (Å²) in [6.45, 7) is 0. The van der Waals surface area contributed by atoms with E-state index in [-0.39, 0.29) is 0 Å². The standard InChI is InChI=1S/C19H24N2O/c22-21-18-9-5-4-8-15-16-12-14(13-6-2-1-3-7-13)10-11-17(16)20-19(15)18/h10-13,20,22H,1-9H2/b21-18+. The second-order valence-electron chi connectivity index (χ2n) is 6.87. The smallest absolute Gasteiger partial charge is 0.103 e. The highest BCUT2D eigenvalue weighted by Crippen LogP contribution is 2.36. The lowest BCUT2D eigenvalue weighted by molar-refractivity contribution is 0.318. The molecular weight excluding hydrogens is 272 g/mol. The lowest BCUT2D eigenvalue weighted by atomic mass is 9.83. The highest BCUT2D eigenvalue weighted by molar-refractivity contribution is 6.05. The molecule has 0 amide bonds. The van der Waals surface area contributed by atoms with Crippen molar-refractivity contribution in [1.82, 2.24) is 4.98 Å². The topological polar surface area (TPSA) is 48.4 Å². The predicted octanol–water partition coefficient (Wildman–Crippen LogP) is 5.12. The Morgan fingerprint density at radius 2 is 1.82 bits per heavy atom. The maximum absolute atomic E-state index is 9.31. The molecule has 1 saturated carbocycles. The number of rotatable bonds is 1. The Balaban J connectivity index is 1.80. The summed E-state index contributed by atoms with van der Waals surface area (Å²) in [5.41, 5.74) is 5.94. The molecule has 0 spiro atoms. The first-order valence-corrected chi connectivity index (χ1v) is 8.72. The molecule has 0 radical (unpaired) electrons. The van der Waals surface area contributed by atoms with E-state index in [0.717, 1.165) is 36.6 Å². The second kappa shape index (κ2) is 5.79. The summed E-state index contributed by atoms with van der Waals surface area (Å²) in [6.07, 6.45) is 11.0. The molecule has 1 aromatic carbocycles. The third-order valence-electron chi connectivity index (χ3n) is 5.51. The molecule has 3 nitrogen and oxygen atoms in total. The summed E-state index contributed by atoms with van der Waals surface area (Å²) in [6, 6.07) is 6.92. The highest BCUT2D eigenvalue weighted by atomic mass is 16.4. The van der Waals surface area contributed by atoms with Crippen molar-refractivity contribution >= 4 is 16.6 Å². The Morgan fingerprint density at radius 1 is 1.00 bits per heavy atom. The van der Waals surface area contributed by atoms with Crippen LogP contribution in [0.2, 0.25) is 0 Å². The summed E-state index contributed by atoms with van der Waals surface area (Å²) in [4.78, 5) is 3.50. The van der Waals surface area contributed by atoms with E-state index >= 15 is 0 Å². The fraction of sp³-hybridized carbons (Fsp3) is 0.526. The molecule has 1 fully saturated rings. The molecule has 2 N–H and O–H groups in total. The Labute approximate surface area is 131 Å². The molecule has 0 aliphatic heterocycles. The van der Waals surface area contributed by atoms with Crippen LogP contribution >= 0.6 is 0 Å². The van der Waals surface area contributed by atoms with Crippen molar-refractivity contribution in [3.05, 3.63) is 35.0 Å². The van der Waals surface area contributed by atoms with Crippen LogP contribution in [0.15, 0.2) is 23.4 Å². The fourth-order valence-corrected chi connectivity index (χ4v) is 4.28. The van der Waals surface area contributed by atoms with Crippen LogP contribution in [0.4, 0.5) is 0 Å². The zero-order chi connectivity index (χ0) is 14.9. The minimum atomic E-state index is 0.737. The average Bonchev–Trinajstić information content (AvgIpc) is 2.81. The van der Waals surface area contributed by atoms with E-state index in [2.05, 4.69) is 28.3 Å². The number of oxime groups is 1. The summed E-state index contributed by atoms with van der Waals surface area (Å²) < 4.78 is 0. The molecule has 1 heterocycles. The molecule has 1 aromatic heterocycles. The second-order valence-corrected chi connectivity index (χ2v) is 6.87. The lowest BCUT2D eigenvalue weighted by Gasteiger charge is -2.22. The summed E-state index contributed by atoms with van der Waals surface area (Å²) in [5, 5.41) is 14.2. The molecule has 4 rings (SSSR count). The fourth-order valence-electron chi connectivity index (χ4n) is 4.28. The van der Waals surface area contributed by atoms with Gasteiger partial charge >= 0.3 is 0 Å². The van der Waals surface area contributed by atoms with Gasteiger partial charge in [-0.1, -0.05) is 30.5 Å². The molecule has 2 aliphatic rings. The lowest BCUT2D eigenvalue weighted by Crippen LogP contribution is -2.04. The van der Waals surface area contributed by atoms with Gasteiger partial charge in [0.15, 0.2) is 0 Å². The van der Waals surface area contributed by atoms with Gasteiger partial charge in [-0.2, -0.15) is 0 Å². The first kappa shape index (κ1) is 13.9. The number of hydrogen-bond acceptors (Lipinski definition) is 2. The number of H-pyrrole nitrogens is 1. The van der Waals surface area contributed by atoms with Gasteiger partial charge < -0.3 is 10.2 Å². The molecule has 0 atom stereocenters. The summed E-state index contributed by atoms with van der Waals surface area (Å²) in [7, 11) is 0. The van der Waals surface area contributed by atoms with Crippen molar-refractivity contribution in [2.45, 2.75) is 63.7 Å². The number of nitrogens with zero attached hydrogens (tertiary/aromatic N) is 1. The average molecular weight is 296 g/mol. The molecule has 116 valence electrons. The normalized spacial score (nSPS) is 21.9. The molecule has 0 bridgehead atoms. The first-order valence-electron chi connectivity index (χ1n) is 8.72. The molecule has 2 aromatic rings. The molecule has 22 heavy (non-hydrogen) atoms. The van der Waals surface area contributed by atoms with Crippen molar-refractivity contribution in [2.24, 2.45) is 5.16 Å². The largest absolute Gasteiger partial charge is 0.411 e. The molecule has 2 aliphatic carbocycles. The number of hydrogen-bond donors (Lipinski definition) is 2. The number of nitrogens with one attached hydrogen (secondary N) is 1. The summed E-state index contributed by atoms with van der Waals surface area (Å²) >= 11 is 0. The SMILES string of the molecule is O/N=C1\CCCCc2c1[nH]c1ccc(C3CCCCC3)cc21. The third-order valence-corrected chi connectivity index (χ3v) is 5.51. The van der Waals surface area contributed by atoms with Crippen molar-refractivity contribution in [3.8, 4) is 0 Å². The monoisotopic (exact) mass is 296 g/mol. The van der Waals surface area contributed by atoms with Gasteiger partial charge in [-0.15, -0.1) is 0 Å². The van der Waals surface area contributed by atoms with E-state index in [1.54, 1.807) is 0 Å². The van der Waals surface area contributed by atoms with Crippen LogP contribution in [-0.2, 0) is 6.42 Å². The number of benzene rings is 1. The predicted molar refractivity (Wildman–Crippen MR) is 90.0 cm³/mol. The van der Waals surface area contributed by atoms with Gasteiger partial charge in [-0.25, -0.2) is 0 Å². The van der Waals surface area contributed by atoms with Crippen molar-refractivity contribution in [1.29, 1.82) is 0 Å². The van der Waals surface area contributed by atoms with E-state index in [4.69, 9.17) is 0 Å².